The fraction of sp³-hybridized carbons (Fsp3) is 0.474. The normalized spacial score (nSPS) is 18.5. The summed E-state index contributed by atoms with van der Waals surface area (Å²) in [5.41, 5.74) is 2.69. The molecule has 0 bridgehead atoms. The van der Waals surface area contributed by atoms with Crippen molar-refractivity contribution < 1.29 is 14.3 Å². The zero-order valence-electron chi connectivity index (χ0n) is 14.4. The van der Waals surface area contributed by atoms with Gasteiger partial charge >= 0.3 is 5.97 Å². The van der Waals surface area contributed by atoms with Gasteiger partial charge in [0.05, 0.1) is 6.61 Å². The number of esters is 1. The van der Waals surface area contributed by atoms with E-state index in [-0.39, 0.29) is 23.2 Å². The first-order chi connectivity index (χ1) is 11.3. The molecule has 2 aromatic rings. The van der Waals surface area contributed by atoms with Crippen LogP contribution in [-0.2, 0) is 14.9 Å². The van der Waals surface area contributed by atoms with E-state index in [2.05, 4.69) is 43.2 Å². The van der Waals surface area contributed by atoms with Crippen LogP contribution in [0.3, 0.4) is 0 Å². The van der Waals surface area contributed by atoms with Crippen LogP contribution in [0.15, 0.2) is 24.3 Å². The number of H-pyrrole nitrogens is 1. The summed E-state index contributed by atoms with van der Waals surface area (Å²) in [7, 11) is 0. The van der Waals surface area contributed by atoms with Gasteiger partial charge < -0.3 is 15.0 Å². The highest BCUT2D eigenvalue weighted by Crippen LogP contribution is 2.26. The Bertz CT molecular complexity index is 761. The minimum absolute atomic E-state index is 0.0670. The van der Waals surface area contributed by atoms with E-state index in [1.165, 1.54) is 5.56 Å². The lowest BCUT2D eigenvalue weighted by atomic mass is 9.86. The summed E-state index contributed by atoms with van der Waals surface area (Å²) in [5.74, 6) is -0.0771. The van der Waals surface area contributed by atoms with Crippen LogP contribution in [0.2, 0.25) is 0 Å². The highest BCUT2D eigenvalue weighted by molar-refractivity contribution is 5.95. The Balaban J connectivity index is 1.67. The van der Waals surface area contributed by atoms with Gasteiger partial charge in [0.25, 0.3) is 0 Å². The Morgan fingerprint density at radius 3 is 2.75 bits per heavy atom. The molecule has 1 aliphatic heterocycles. The third-order valence-electron chi connectivity index (χ3n) is 4.52. The minimum atomic E-state index is -0.347. The molecular weight excluding hydrogens is 304 g/mol. The Kier molecular flexibility index (Phi) is 4.35. The van der Waals surface area contributed by atoms with E-state index < -0.39 is 0 Å². The first kappa shape index (κ1) is 16.6. The van der Waals surface area contributed by atoms with Crippen LogP contribution in [0.4, 0.5) is 0 Å². The maximum atomic E-state index is 12.3. The number of benzene rings is 1. The first-order valence-electron chi connectivity index (χ1n) is 8.40. The Morgan fingerprint density at radius 1 is 1.29 bits per heavy atom. The highest BCUT2D eigenvalue weighted by atomic mass is 16.5. The van der Waals surface area contributed by atoms with Crippen molar-refractivity contribution in [1.82, 2.24) is 10.3 Å². The van der Waals surface area contributed by atoms with E-state index in [1.807, 2.05) is 12.1 Å². The standard InChI is InChI=1S/C19H24N2O3/c1-19(2,3)14-5-6-15-13(8-14)9-16(21-15)18(23)24-11-12-4-7-17(22)20-10-12/h5-6,8-9,12,21H,4,7,10-11H2,1-3H3,(H,20,22). The summed E-state index contributed by atoms with van der Waals surface area (Å²) >= 11 is 0. The van der Waals surface area contributed by atoms with Gasteiger partial charge in [0.2, 0.25) is 5.91 Å². The molecule has 128 valence electrons. The van der Waals surface area contributed by atoms with E-state index in [1.54, 1.807) is 0 Å². The molecule has 3 rings (SSSR count). The summed E-state index contributed by atoms with van der Waals surface area (Å²) in [6.45, 7) is 7.41. The van der Waals surface area contributed by atoms with Gasteiger partial charge in [-0.1, -0.05) is 26.8 Å². The molecule has 2 N–H and O–H groups in total. The molecule has 1 amide bonds. The van der Waals surface area contributed by atoms with Crippen LogP contribution in [0.25, 0.3) is 10.9 Å². The van der Waals surface area contributed by atoms with Crippen LogP contribution in [0.1, 0.15) is 49.7 Å². The molecule has 0 saturated carbocycles. The molecule has 1 aliphatic rings. The Morgan fingerprint density at radius 2 is 2.08 bits per heavy atom. The topological polar surface area (TPSA) is 71.2 Å². The molecule has 5 nitrogen and oxygen atoms in total. The summed E-state index contributed by atoms with van der Waals surface area (Å²) in [6, 6.07) is 8.04. The van der Waals surface area contributed by atoms with E-state index in [4.69, 9.17) is 4.74 Å². The van der Waals surface area contributed by atoms with E-state index in [0.29, 0.717) is 25.3 Å². The summed E-state index contributed by atoms with van der Waals surface area (Å²) in [4.78, 5) is 26.5. The maximum absolute atomic E-state index is 12.3. The average Bonchev–Trinajstić information content (AvgIpc) is 2.96. The number of fused-ring (bicyclic) bond motifs is 1. The van der Waals surface area contributed by atoms with Crippen molar-refractivity contribution in [3.8, 4) is 0 Å². The van der Waals surface area contributed by atoms with Crippen LogP contribution >= 0.6 is 0 Å². The van der Waals surface area contributed by atoms with Crippen LogP contribution < -0.4 is 5.32 Å². The van der Waals surface area contributed by atoms with Gasteiger partial charge in [-0.3, -0.25) is 4.79 Å². The van der Waals surface area contributed by atoms with E-state index in [9.17, 15) is 9.59 Å². The van der Waals surface area contributed by atoms with E-state index in [0.717, 1.165) is 17.3 Å². The van der Waals surface area contributed by atoms with Crippen molar-refractivity contribution in [2.45, 2.75) is 39.0 Å². The number of aromatic nitrogens is 1. The van der Waals surface area contributed by atoms with Crippen molar-refractivity contribution >= 4 is 22.8 Å². The number of hydrogen-bond acceptors (Lipinski definition) is 3. The number of amides is 1. The molecule has 1 fully saturated rings. The monoisotopic (exact) mass is 328 g/mol. The van der Waals surface area contributed by atoms with E-state index >= 15 is 0 Å². The molecule has 24 heavy (non-hydrogen) atoms. The number of nitrogens with one attached hydrogen (secondary N) is 2. The Hall–Kier alpha value is -2.30. The second kappa shape index (κ2) is 6.30. The second-order valence-electron chi connectivity index (χ2n) is 7.54. The molecule has 5 heteroatoms. The summed E-state index contributed by atoms with van der Waals surface area (Å²) in [5, 5.41) is 3.81. The van der Waals surface area contributed by atoms with Crippen LogP contribution in [0, 0.1) is 5.92 Å². The lowest BCUT2D eigenvalue weighted by molar-refractivity contribution is -0.123. The highest BCUT2D eigenvalue weighted by Gasteiger charge is 2.21. The lowest BCUT2D eigenvalue weighted by Crippen LogP contribution is -2.37. The molecule has 0 aliphatic carbocycles. The molecule has 0 spiro atoms. The van der Waals surface area contributed by atoms with Crippen molar-refractivity contribution in [1.29, 1.82) is 0 Å². The lowest BCUT2D eigenvalue weighted by Gasteiger charge is -2.21. The van der Waals surface area contributed by atoms with Crippen molar-refractivity contribution in [3.63, 3.8) is 0 Å². The number of aromatic amines is 1. The van der Waals surface area contributed by atoms with Gasteiger partial charge in [0.15, 0.2) is 0 Å². The number of rotatable bonds is 3. The number of carbonyl (C=O) groups excluding carboxylic acids is 2. The zero-order valence-corrected chi connectivity index (χ0v) is 14.4. The minimum Gasteiger partial charge on any atom is -0.461 e. The molecule has 1 unspecified atom stereocenters. The second-order valence-corrected chi connectivity index (χ2v) is 7.54. The fourth-order valence-corrected chi connectivity index (χ4v) is 2.91. The predicted molar refractivity (Wildman–Crippen MR) is 93.0 cm³/mol. The van der Waals surface area contributed by atoms with Gasteiger partial charge in [-0.15, -0.1) is 0 Å². The van der Waals surface area contributed by atoms with Gasteiger partial charge in [-0.25, -0.2) is 4.79 Å². The fourth-order valence-electron chi connectivity index (χ4n) is 2.91. The number of hydrogen-bond donors (Lipinski definition) is 2. The third-order valence-corrected chi connectivity index (χ3v) is 4.52. The van der Waals surface area contributed by atoms with Gasteiger partial charge in [-0.05, 0) is 35.6 Å². The maximum Gasteiger partial charge on any atom is 0.354 e. The summed E-state index contributed by atoms with van der Waals surface area (Å²) < 4.78 is 5.41. The quantitative estimate of drug-likeness (QED) is 0.850. The third kappa shape index (κ3) is 3.61. The van der Waals surface area contributed by atoms with Gasteiger partial charge in [0.1, 0.15) is 5.69 Å². The number of piperidine rings is 1. The molecule has 2 heterocycles. The molecule has 0 radical (unpaired) electrons. The Labute approximate surface area is 141 Å². The largest absolute Gasteiger partial charge is 0.461 e. The van der Waals surface area contributed by atoms with Crippen molar-refractivity contribution in [3.05, 3.63) is 35.5 Å². The van der Waals surface area contributed by atoms with Crippen LogP contribution in [-0.4, -0.2) is 30.0 Å². The zero-order chi connectivity index (χ0) is 17.3. The molecule has 1 atom stereocenters. The van der Waals surface area contributed by atoms with Crippen molar-refractivity contribution in [2.24, 2.45) is 5.92 Å². The number of carbonyl (C=O) groups is 2. The molecule has 1 aromatic carbocycles. The summed E-state index contributed by atoms with van der Waals surface area (Å²) in [6.07, 6.45) is 1.27. The smallest absolute Gasteiger partial charge is 0.354 e. The van der Waals surface area contributed by atoms with Gasteiger partial charge in [0, 0.05) is 29.8 Å². The SMILES string of the molecule is CC(C)(C)c1ccc2[nH]c(C(=O)OCC3CCC(=O)NC3)cc2c1. The van der Waals surface area contributed by atoms with Gasteiger partial charge in [-0.2, -0.15) is 0 Å². The average molecular weight is 328 g/mol. The number of ether oxygens (including phenoxy) is 1. The van der Waals surface area contributed by atoms with Crippen molar-refractivity contribution in [2.75, 3.05) is 13.2 Å². The molecule has 1 saturated heterocycles. The molecular formula is C19H24N2O3. The first-order valence-corrected chi connectivity index (χ1v) is 8.40. The molecule has 1 aromatic heterocycles. The van der Waals surface area contributed by atoms with Crippen LogP contribution in [0.5, 0.6) is 0 Å². The predicted octanol–water partition coefficient (Wildman–Crippen LogP) is 3.15.